The lowest BCUT2D eigenvalue weighted by atomic mass is 10.0. The molecule has 3 aromatic rings. The molecule has 0 bridgehead atoms. The van der Waals surface area contributed by atoms with Crippen molar-refractivity contribution >= 4 is 46.3 Å². The highest BCUT2D eigenvalue weighted by Gasteiger charge is 2.34. The molecule has 0 saturated heterocycles. The summed E-state index contributed by atoms with van der Waals surface area (Å²) in [5.74, 6) is -0.221. The SMILES string of the molecule is CC1=C(C(=O)OCC(C)C)[C@@H](c2cccs2)n2c(s/c(=C/c3cccc(Cl)c3)c2=O)=N1. The molecule has 8 heteroatoms. The van der Waals surface area contributed by atoms with Crippen LogP contribution < -0.4 is 14.9 Å². The summed E-state index contributed by atoms with van der Waals surface area (Å²) in [6.45, 7) is 6.07. The highest BCUT2D eigenvalue weighted by atomic mass is 35.5. The third-order valence-electron chi connectivity index (χ3n) is 4.75. The number of ether oxygens (including phenoxy) is 1. The van der Waals surface area contributed by atoms with Crippen molar-refractivity contribution in [1.82, 2.24) is 4.57 Å². The average molecular weight is 473 g/mol. The molecule has 1 aromatic carbocycles. The van der Waals surface area contributed by atoms with Crippen molar-refractivity contribution < 1.29 is 9.53 Å². The third kappa shape index (κ3) is 4.44. The second kappa shape index (κ2) is 8.94. The fourth-order valence-corrected chi connectivity index (χ4v) is 5.44. The number of halogens is 1. The summed E-state index contributed by atoms with van der Waals surface area (Å²) in [4.78, 5) is 32.5. The number of thiophene rings is 1. The lowest BCUT2D eigenvalue weighted by molar-refractivity contribution is -0.140. The van der Waals surface area contributed by atoms with E-state index in [4.69, 9.17) is 16.3 Å². The van der Waals surface area contributed by atoms with E-state index < -0.39 is 12.0 Å². The number of esters is 1. The highest BCUT2D eigenvalue weighted by molar-refractivity contribution is 7.10. The van der Waals surface area contributed by atoms with E-state index in [0.717, 1.165) is 10.4 Å². The third-order valence-corrected chi connectivity index (χ3v) is 6.89. The molecular formula is C23H21ClN2O3S2. The van der Waals surface area contributed by atoms with Crippen molar-refractivity contribution in [2.75, 3.05) is 6.61 Å². The normalized spacial score (nSPS) is 16.4. The number of fused-ring (bicyclic) bond motifs is 1. The largest absolute Gasteiger partial charge is 0.462 e. The minimum Gasteiger partial charge on any atom is -0.462 e. The first-order valence-corrected chi connectivity index (χ1v) is 11.9. The standard InChI is InChI=1S/C23H21ClN2O3S2/c1-13(2)12-29-22(28)19-14(3)25-23-26(20(19)17-8-5-9-30-17)21(27)18(31-23)11-15-6-4-7-16(24)10-15/h4-11,13,20H,12H2,1-3H3/b18-11+/t20-/m1/s1. The Morgan fingerprint density at radius 3 is 2.81 bits per heavy atom. The molecule has 0 radical (unpaired) electrons. The van der Waals surface area contributed by atoms with Gasteiger partial charge in [-0.1, -0.05) is 55.0 Å². The van der Waals surface area contributed by atoms with Crippen LogP contribution >= 0.6 is 34.3 Å². The molecule has 0 fully saturated rings. The summed E-state index contributed by atoms with van der Waals surface area (Å²) >= 11 is 8.89. The minimum atomic E-state index is -0.558. The van der Waals surface area contributed by atoms with Gasteiger partial charge in [0.05, 0.1) is 22.4 Å². The van der Waals surface area contributed by atoms with Crippen molar-refractivity contribution in [2.45, 2.75) is 26.8 Å². The van der Waals surface area contributed by atoms with Gasteiger partial charge in [0, 0.05) is 9.90 Å². The smallest absolute Gasteiger partial charge is 0.338 e. The van der Waals surface area contributed by atoms with Gasteiger partial charge in [0.25, 0.3) is 5.56 Å². The molecule has 1 atom stereocenters. The van der Waals surface area contributed by atoms with Crippen LogP contribution in [0.25, 0.3) is 6.08 Å². The quantitative estimate of drug-likeness (QED) is 0.524. The van der Waals surface area contributed by atoms with E-state index in [-0.39, 0.29) is 11.5 Å². The average Bonchev–Trinajstić information content (AvgIpc) is 3.34. The van der Waals surface area contributed by atoms with Crippen LogP contribution in [-0.2, 0) is 9.53 Å². The van der Waals surface area contributed by atoms with Gasteiger partial charge in [-0.05, 0) is 48.1 Å². The van der Waals surface area contributed by atoms with Crippen molar-refractivity contribution in [3.8, 4) is 0 Å². The van der Waals surface area contributed by atoms with Crippen LogP contribution in [0.5, 0.6) is 0 Å². The van der Waals surface area contributed by atoms with Gasteiger partial charge in [-0.25, -0.2) is 9.79 Å². The summed E-state index contributed by atoms with van der Waals surface area (Å²) < 4.78 is 7.66. The maximum Gasteiger partial charge on any atom is 0.338 e. The van der Waals surface area contributed by atoms with Crippen molar-refractivity contribution in [1.29, 1.82) is 0 Å². The van der Waals surface area contributed by atoms with Crippen molar-refractivity contribution in [3.63, 3.8) is 0 Å². The molecule has 2 aromatic heterocycles. The van der Waals surface area contributed by atoms with Crippen LogP contribution in [0.2, 0.25) is 5.02 Å². The number of nitrogens with zero attached hydrogens (tertiary/aromatic N) is 2. The zero-order valence-electron chi connectivity index (χ0n) is 17.3. The van der Waals surface area contributed by atoms with Gasteiger partial charge < -0.3 is 4.74 Å². The van der Waals surface area contributed by atoms with E-state index in [1.54, 1.807) is 29.7 Å². The van der Waals surface area contributed by atoms with Crippen molar-refractivity contribution in [3.05, 3.63) is 88.2 Å². The van der Waals surface area contributed by atoms with Gasteiger partial charge in [0.1, 0.15) is 6.04 Å². The predicted octanol–water partition coefficient (Wildman–Crippen LogP) is 4.15. The van der Waals surface area contributed by atoms with Crippen LogP contribution in [0.3, 0.4) is 0 Å². The first-order valence-electron chi connectivity index (χ1n) is 9.84. The van der Waals surface area contributed by atoms with E-state index in [1.807, 2.05) is 43.5 Å². The lowest BCUT2D eigenvalue weighted by Crippen LogP contribution is -2.39. The molecule has 160 valence electrons. The molecule has 5 nitrogen and oxygen atoms in total. The van der Waals surface area contributed by atoms with Crippen LogP contribution in [0, 0.1) is 5.92 Å². The van der Waals surface area contributed by atoms with Gasteiger partial charge in [-0.15, -0.1) is 11.3 Å². The number of carbonyl (C=O) groups excluding carboxylic acids is 1. The fourth-order valence-electron chi connectivity index (χ4n) is 3.37. The molecule has 0 unspecified atom stereocenters. The fraction of sp³-hybridized carbons (Fsp3) is 0.261. The Balaban J connectivity index is 1.88. The molecule has 3 heterocycles. The molecule has 4 rings (SSSR count). The van der Waals surface area contributed by atoms with Crippen LogP contribution in [0.1, 0.15) is 37.3 Å². The second-order valence-electron chi connectivity index (χ2n) is 7.64. The summed E-state index contributed by atoms with van der Waals surface area (Å²) in [6, 6.07) is 10.6. The van der Waals surface area contributed by atoms with Gasteiger partial charge in [0.15, 0.2) is 4.80 Å². The Morgan fingerprint density at radius 2 is 2.13 bits per heavy atom. The molecule has 0 aliphatic carbocycles. The Hall–Kier alpha value is -2.48. The van der Waals surface area contributed by atoms with Crippen molar-refractivity contribution in [2.24, 2.45) is 10.9 Å². The lowest BCUT2D eigenvalue weighted by Gasteiger charge is -2.23. The first kappa shape index (κ1) is 21.7. The molecule has 31 heavy (non-hydrogen) atoms. The monoisotopic (exact) mass is 472 g/mol. The van der Waals surface area contributed by atoms with Gasteiger partial charge in [-0.2, -0.15) is 0 Å². The van der Waals surface area contributed by atoms with E-state index in [9.17, 15) is 9.59 Å². The number of carbonyl (C=O) groups is 1. The molecule has 0 N–H and O–H groups in total. The number of allylic oxidation sites excluding steroid dienone is 1. The number of aromatic nitrogens is 1. The Labute approximate surface area is 192 Å². The van der Waals surface area contributed by atoms with Gasteiger partial charge >= 0.3 is 5.97 Å². The predicted molar refractivity (Wildman–Crippen MR) is 125 cm³/mol. The molecule has 0 saturated carbocycles. The number of benzene rings is 1. The molecular weight excluding hydrogens is 452 g/mol. The highest BCUT2D eigenvalue weighted by Crippen LogP contribution is 2.33. The van der Waals surface area contributed by atoms with Crippen LogP contribution in [0.15, 0.2) is 62.8 Å². The van der Waals surface area contributed by atoms with E-state index >= 15 is 0 Å². The number of hydrogen-bond acceptors (Lipinski definition) is 6. The minimum absolute atomic E-state index is 0.191. The second-order valence-corrected chi connectivity index (χ2v) is 10.1. The van der Waals surface area contributed by atoms with E-state index in [1.165, 1.54) is 22.7 Å². The molecule has 1 aliphatic heterocycles. The maximum atomic E-state index is 13.4. The molecule has 0 spiro atoms. The number of hydrogen-bond donors (Lipinski definition) is 0. The zero-order chi connectivity index (χ0) is 22.1. The zero-order valence-corrected chi connectivity index (χ0v) is 19.7. The van der Waals surface area contributed by atoms with Crippen LogP contribution in [-0.4, -0.2) is 17.1 Å². The van der Waals surface area contributed by atoms with E-state index in [2.05, 4.69) is 4.99 Å². The number of thiazole rings is 1. The number of rotatable bonds is 5. The first-order chi connectivity index (χ1) is 14.8. The summed E-state index contributed by atoms with van der Waals surface area (Å²) in [5.41, 5.74) is 1.62. The Kier molecular flexibility index (Phi) is 6.27. The van der Waals surface area contributed by atoms with Gasteiger partial charge in [-0.3, -0.25) is 9.36 Å². The molecule has 0 amide bonds. The Bertz CT molecular complexity index is 1330. The van der Waals surface area contributed by atoms with Gasteiger partial charge in [0.2, 0.25) is 0 Å². The molecule has 1 aliphatic rings. The van der Waals surface area contributed by atoms with Crippen LogP contribution in [0.4, 0.5) is 0 Å². The Morgan fingerprint density at radius 1 is 1.32 bits per heavy atom. The maximum absolute atomic E-state index is 13.4. The summed E-state index contributed by atoms with van der Waals surface area (Å²) in [7, 11) is 0. The topological polar surface area (TPSA) is 60.7 Å². The summed E-state index contributed by atoms with van der Waals surface area (Å²) in [6.07, 6.45) is 1.80. The summed E-state index contributed by atoms with van der Waals surface area (Å²) in [5, 5.41) is 2.54. The van der Waals surface area contributed by atoms with E-state index in [0.29, 0.717) is 32.2 Å².